The Morgan fingerprint density at radius 1 is 1.38 bits per heavy atom. The van der Waals surface area contributed by atoms with Gasteiger partial charge in [-0.05, 0) is 24.0 Å². The fourth-order valence-corrected chi connectivity index (χ4v) is 1.36. The average Bonchev–Trinajstić information content (AvgIpc) is 2.17. The summed E-state index contributed by atoms with van der Waals surface area (Å²) in [7, 11) is 0. The van der Waals surface area contributed by atoms with Gasteiger partial charge in [0.15, 0.2) is 0 Å². The molecule has 0 saturated heterocycles. The highest BCUT2D eigenvalue weighted by atomic mass is 35.5. The number of benzene rings is 1. The molecule has 0 amide bonds. The highest BCUT2D eigenvalue weighted by molar-refractivity contribution is 7.98. The molecule has 0 aliphatic carbocycles. The zero-order valence-corrected chi connectivity index (χ0v) is 9.07. The van der Waals surface area contributed by atoms with E-state index in [2.05, 4.69) is 0 Å². The maximum absolute atomic E-state index is 8.78. The fraction of sp³-hybridized carbons (Fsp3) is 0.333. The molecule has 0 aliphatic rings. The van der Waals surface area contributed by atoms with Crippen LogP contribution in [0.2, 0.25) is 0 Å². The van der Waals surface area contributed by atoms with Crippen molar-refractivity contribution in [1.29, 1.82) is 0 Å². The number of aliphatic hydroxyl groups is 1. The first-order chi connectivity index (χ1) is 5.77. The predicted molar refractivity (Wildman–Crippen MR) is 59.5 cm³/mol. The maximum atomic E-state index is 8.78. The summed E-state index contributed by atoms with van der Waals surface area (Å²) in [5.41, 5.74) is 6.61. The molecule has 1 rings (SSSR count). The number of hydrogen-bond acceptors (Lipinski definition) is 3. The lowest BCUT2D eigenvalue weighted by Crippen LogP contribution is -2.13. The van der Waals surface area contributed by atoms with Crippen molar-refractivity contribution in [2.75, 3.05) is 12.9 Å². The van der Waals surface area contributed by atoms with Gasteiger partial charge in [-0.1, -0.05) is 12.1 Å². The second kappa shape index (κ2) is 6.27. The van der Waals surface area contributed by atoms with Crippen molar-refractivity contribution in [3.63, 3.8) is 0 Å². The van der Waals surface area contributed by atoms with E-state index < -0.39 is 0 Å². The van der Waals surface area contributed by atoms with Gasteiger partial charge in [-0.25, -0.2) is 0 Å². The minimum absolute atomic E-state index is 0. The van der Waals surface area contributed by atoms with Crippen LogP contribution in [-0.2, 0) is 0 Å². The fourth-order valence-electron chi connectivity index (χ4n) is 0.957. The van der Waals surface area contributed by atoms with Gasteiger partial charge in [-0.3, -0.25) is 0 Å². The Morgan fingerprint density at radius 2 is 1.92 bits per heavy atom. The lowest BCUT2D eigenvalue weighted by Gasteiger charge is -2.08. The molecule has 0 aliphatic heterocycles. The van der Waals surface area contributed by atoms with Crippen LogP contribution in [0.15, 0.2) is 29.2 Å². The van der Waals surface area contributed by atoms with E-state index in [0.717, 1.165) is 5.56 Å². The second-order valence-corrected chi connectivity index (χ2v) is 3.44. The first-order valence-electron chi connectivity index (χ1n) is 3.78. The largest absolute Gasteiger partial charge is 0.394 e. The van der Waals surface area contributed by atoms with Crippen LogP contribution in [-0.4, -0.2) is 18.0 Å². The average molecular weight is 220 g/mol. The Balaban J connectivity index is 0.00000144. The van der Waals surface area contributed by atoms with Crippen LogP contribution >= 0.6 is 24.2 Å². The molecule has 2 nitrogen and oxygen atoms in total. The summed E-state index contributed by atoms with van der Waals surface area (Å²) < 4.78 is 0. The molecule has 0 saturated carbocycles. The van der Waals surface area contributed by atoms with Crippen molar-refractivity contribution in [3.05, 3.63) is 29.8 Å². The van der Waals surface area contributed by atoms with E-state index in [4.69, 9.17) is 10.8 Å². The van der Waals surface area contributed by atoms with Crippen LogP contribution in [0.25, 0.3) is 0 Å². The van der Waals surface area contributed by atoms with Gasteiger partial charge >= 0.3 is 0 Å². The van der Waals surface area contributed by atoms with Crippen LogP contribution in [0, 0.1) is 0 Å². The highest BCUT2D eigenvalue weighted by Crippen LogP contribution is 2.17. The molecular weight excluding hydrogens is 206 g/mol. The molecule has 0 bridgehead atoms. The first kappa shape index (κ1) is 12.8. The van der Waals surface area contributed by atoms with Gasteiger partial charge in [0.1, 0.15) is 0 Å². The van der Waals surface area contributed by atoms with E-state index >= 15 is 0 Å². The number of halogens is 1. The zero-order valence-electron chi connectivity index (χ0n) is 7.43. The molecule has 0 radical (unpaired) electrons. The molecule has 4 heteroatoms. The number of aliphatic hydroxyl groups excluding tert-OH is 1. The topological polar surface area (TPSA) is 46.2 Å². The molecule has 74 valence electrons. The summed E-state index contributed by atoms with van der Waals surface area (Å²) in [4.78, 5) is 1.21. The molecule has 1 atom stereocenters. The minimum Gasteiger partial charge on any atom is -0.394 e. The molecule has 0 unspecified atom stereocenters. The van der Waals surface area contributed by atoms with Crippen LogP contribution in [0.3, 0.4) is 0 Å². The monoisotopic (exact) mass is 219 g/mol. The third-order valence-electron chi connectivity index (χ3n) is 1.74. The van der Waals surface area contributed by atoms with Crippen molar-refractivity contribution in [2.24, 2.45) is 5.73 Å². The number of hydrogen-bond donors (Lipinski definition) is 2. The van der Waals surface area contributed by atoms with Gasteiger partial charge in [0.05, 0.1) is 12.6 Å². The van der Waals surface area contributed by atoms with E-state index in [1.54, 1.807) is 11.8 Å². The summed E-state index contributed by atoms with van der Waals surface area (Å²) in [5.74, 6) is 0. The summed E-state index contributed by atoms with van der Waals surface area (Å²) >= 11 is 1.69. The van der Waals surface area contributed by atoms with Crippen molar-refractivity contribution >= 4 is 24.2 Å². The third kappa shape index (κ3) is 3.56. The Morgan fingerprint density at radius 3 is 2.31 bits per heavy atom. The van der Waals surface area contributed by atoms with Crippen LogP contribution in [0.5, 0.6) is 0 Å². The van der Waals surface area contributed by atoms with Crippen molar-refractivity contribution in [3.8, 4) is 0 Å². The van der Waals surface area contributed by atoms with Crippen LogP contribution < -0.4 is 5.73 Å². The maximum Gasteiger partial charge on any atom is 0.0624 e. The molecule has 13 heavy (non-hydrogen) atoms. The normalized spacial score (nSPS) is 11.9. The van der Waals surface area contributed by atoms with Gasteiger partial charge in [-0.2, -0.15) is 0 Å². The Hall–Kier alpha value is -0.220. The molecule has 1 aromatic carbocycles. The quantitative estimate of drug-likeness (QED) is 0.763. The highest BCUT2D eigenvalue weighted by Gasteiger charge is 2.02. The van der Waals surface area contributed by atoms with E-state index in [1.165, 1.54) is 4.90 Å². The smallest absolute Gasteiger partial charge is 0.0624 e. The van der Waals surface area contributed by atoms with Gasteiger partial charge in [-0.15, -0.1) is 24.2 Å². The molecule has 1 aromatic rings. The van der Waals surface area contributed by atoms with Gasteiger partial charge < -0.3 is 10.8 Å². The molecule has 0 heterocycles. The Labute approximate surface area is 88.9 Å². The van der Waals surface area contributed by atoms with Crippen LogP contribution in [0.1, 0.15) is 11.6 Å². The van der Waals surface area contributed by atoms with Gasteiger partial charge in [0, 0.05) is 4.90 Å². The minimum atomic E-state index is -0.249. The summed E-state index contributed by atoms with van der Waals surface area (Å²) in [6.45, 7) is -0.00137. The third-order valence-corrected chi connectivity index (χ3v) is 2.48. The Bertz CT molecular complexity index is 240. The number of nitrogens with two attached hydrogens (primary N) is 1. The molecule has 3 N–H and O–H groups in total. The summed E-state index contributed by atoms with van der Waals surface area (Å²) in [5, 5.41) is 8.78. The lowest BCUT2D eigenvalue weighted by molar-refractivity contribution is 0.268. The Kier molecular flexibility index (Phi) is 6.16. The first-order valence-corrected chi connectivity index (χ1v) is 5.00. The SMILES string of the molecule is CSc1ccc([C@@H](N)CO)cc1.Cl. The lowest BCUT2D eigenvalue weighted by atomic mass is 10.1. The van der Waals surface area contributed by atoms with Crippen molar-refractivity contribution in [1.82, 2.24) is 0 Å². The standard InChI is InChI=1S/C9H13NOS.ClH/c1-12-8-4-2-7(3-5-8)9(10)6-11;/h2-5,9,11H,6,10H2,1H3;1H/t9-;/m0./s1. The molecule has 0 spiro atoms. The second-order valence-electron chi connectivity index (χ2n) is 2.56. The van der Waals surface area contributed by atoms with Crippen molar-refractivity contribution in [2.45, 2.75) is 10.9 Å². The van der Waals surface area contributed by atoms with Gasteiger partial charge in [0.25, 0.3) is 0 Å². The molecule has 0 fully saturated rings. The van der Waals surface area contributed by atoms with E-state index in [-0.39, 0.29) is 25.1 Å². The van der Waals surface area contributed by atoms with Crippen LogP contribution in [0.4, 0.5) is 0 Å². The summed E-state index contributed by atoms with van der Waals surface area (Å²) in [6.07, 6.45) is 2.03. The zero-order chi connectivity index (χ0) is 8.97. The van der Waals surface area contributed by atoms with E-state index in [0.29, 0.717) is 0 Å². The van der Waals surface area contributed by atoms with E-state index in [1.807, 2.05) is 30.5 Å². The number of thioether (sulfide) groups is 1. The molecule has 0 aromatic heterocycles. The number of rotatable bonds is 3. The predicted octanol–water partition coefficient (Wildman–Crippen LogP) is 1.82. The van der Waals surface area contributed by atoms with Crippen molar-refractivity contribution < 1.29 is 5.11 Å². The summed E-state index contributed by atoms with van der Waals surface area (Å²) in [6, 6.07) is 7.67. The van der Waals surface area contributed by atoms with E-state index in [9.17, 15) is 0 Å². The van der Waals surface area contributed by atoms with Gasteiger partial charge in [0.2, 0.25) is 0 Å². The molecular formula is C9H14ClNOS.